The highest BCUT2D eigenvalue weighted by atomic mass is 16.2. The molecule has 18 heavy (non-hydrogen) atoms. The second-order valence-electron chi connectivity index (χ2n) is 6.50. The molecule has 3 heteroatoms. The van der Waals surface area contributed by atoms with Gasteiger partial charge < -0.3 is 10.6 Å². The summed E-state index contributed by atoms with van der Waals surface area (Å²) < 4.78 is 0. The van der Waals surface area contributed by atoms with Crippen molar-refractivity contribution in [1.82, 2.24) is 4.90 Å². The van der Waals surface area contributed by atoms with Gasteiger partial charge in [-0.15, -0.1) is 0 Å². The number of amides is 1. The van der Waals surface area contributed by atoms with E-state index in [1.807, 2.05) is 0 Å². The van der Waals surface area contributed by atoms with Crippen LogP contribution in [0.15, 0.2) is 0 Å². The summed E-state index contributed by atoms with van der Waals surface area (Å²) in [6.07, 6.45) is 5.13. The molecule has 0 radical (unpaired) electrons. The van der Waals surface area contributed by atoms with Crippen molar-refractivity contribution in [2.24, 2.45) is 16.6 Å². The minimum atomic E-state index is -0.325. The fourth-order valence-corrected chi connectivity index (χ4v) is 2.89. The van der Waals surface area contributed by atoms with Gasteiger partial charge in [0.2, 0.25) is 5.91 Å². The average molecular weight is 254 g/mol. The van der Waals surface area contributed by atoms with Gasteiger partial charge in [-0.05, 0) is 37.5 Å². The Morgan fingerprint density at radius 1 is 1.22 bits per heavy atom. The van der Waals surface area contributed by atoms with Gasteiger partial charge in [0.25, 0.3) is 0 Å². The van der Waals surface area contributed by atoms with E-state index < -0.39 is 0 Å². The molecule has 0 aromatic heterocycles. The number of nitrogens with two attached hydrogens (primary N) is 1. The summed E-state index contributed by atoms with van der Waals surface area (Å²) in [5, 5.41) is 0. The third kappa shape index (κ3) is 3.25. The first kappa shape index (κ1) is 15.5. The molecule has 0 aromatic carbocycles. The normalized spacial score (nSPS) is 20.6. The SMILES string of the molecule is CCC(CC)(CN)C(=O)N1CCCC(C)(C)CC1. The van der Waals surface area contributed by atoms with Crippen LogP contribution in [-0.4, -0.2) is 30.4 Å². The first-order valence-corrected chi connectivity index (χ1v) is 7.40. The highest BCUT2D eigenvalue weighted by molar-refractivity contribution is 5.83. The molecule has 106 valence electrons. The van der Waals surface area contributed by atoms with Crippen LogP contribution in [0.3, 0.4) is 0 Å². The van der Waals surface area contributed by atoms with Crippen molar-refractivity contribution in [3.05, 3.63) is 0 Å². The van der Waals surface area contributed by atoms with E-state index in [0.29, 0.717) is 12.0 Å². The van der Waals surface area contributed by atoms with Crippen molar-refractivity contribution < 1.29 is 4.79 Å². The summed E-state index contributed by atoms with van der Waals surface area (Å²) in [6.45, 7) is 11.0. The second-order valence-corrected chi connectivity index (χ2v) is 6.50. The van der Waals surface area contributed by atoms with Crippen LogP contribution in [0.1, 0.15) is 59.8 Å². The lowest BCUT2D eigenvalue weighted by molar-refractivity contribution is -0.142. The Hall–Kier alpha value is -0.570. The zero-order valence-corrected chi connectivity index (χ0v) is 12.6. The van der Waals surface area contributed by atoms with Crippen molar-refractivity contribution >= 4 is 5.91 Å². The van der Waals surface area contributed by atoms with Gasteiger partial charge in [0.05, 0.1) is 5.41 Å². The van der Waals surface area contributed by atoms with Gasteiger partial charge in [-0.25, -0.2) is 0 Å². The van der Waals surface area contributed by atoms with Gasteiger partial charge in [0, 0.05) is 19.6 Å². The first-order valence-electron chi connectivity index (χ1n) is 7.40. The van der Waals surface area contributed by atoms with Crippen molar-refractivity contribution in [3.8, 4) is 0 Å². The van der Waals surface area contributed by atoms with Gasteiger partial charge >= 0.3 is 0 Å². The Labute approximate surface area is 112 Å². The number of carbonyl (C=O) groups is 1. The molecule has 0 spiro atoms. The summed E-state index contributed by atoms with van der Waals surface area (Å²) in [4.78, 5) is 14.8. The summed E-state index contributed by atoms with van der Waals surface area (Å²) in [7, 11) is 0. The topological polar surface area (TPSA) is 46.3 Å². The van der Waals surface area contributed by atoms with E-state index >= 15 is 0 Å². The maximum Gasteiger partial charge on any atom is 0.230 e. The van der Waals surface area contributed by atoms with Crippen LogP contribution >= 0.6 is 0 Å². The number of likely N-dealkylation sites (tertiary alicyclic amines) is 1. The molecule has 3 nitrogen and oxygen atoms in total. The fourth-order valence-electron chi connectivity index (χ4n) is 2.89. The van der Waals surface area contributed by atoms with Gasteiger partial charge in [-0.1, -0.05) is 27.7 Å². The summed E-state index contributed by atoms with van der Waals surface area (Å²) in [6, 6.07) is 0. The van der Waals surface area contributed by atoms with E-state index in [-0.39, 0.29) is 11.3 Å². The number of carbonyl (C=O) groups excluding carboxylic acids is 1. The van der Waals surface area contributed by atoms with Crippen LogP contribution in [0.25, 0.3) is 0 Å². The molecule has 0 saturated carbocycles. The Balaban J connectivity index is 2.77. The van der Waals surface area contributed by atoms with Crippen LogP contribution in [0.2, 0.25) is 0 Å². The molecule has 1 aliphatic heterocycles. The molecule has 1 aliphatic rings. The molecule has 1 amide bonds. The number of rotatable bonds is 4. The van der Waals surface area contributed by atoms with Gasteiger partial charge in [0.1, 0.15) is 0 Å². The third-order valence-electron chi connectivity index (χ3n) is 4.83. The minimum absolute atomic E-state index is 0.285. The maximum absolute atomic E-state index is 12.7. The predicted octanol–water partition coefficient (Wildman–Crippen LogP) is 2.79. The Morgan fingerprint density at radius 3 is 2.33 bits per heavy atom. The quantitative estimate of drug-likeness (QED) is 0.838. The Bertz CT molecular complexity index is 274. The molecular formula is C15H30N2O. The third-order valence-corrected chi connectivity index (χ3v) is 4.83. The molecule has 0 aliphatic carbocycles. The number of hydrogen-bond acceptors (Lipinski definition) is 2. The van der Waals surface area contributed by atoms with Crippen molar-refractivity contribution in [2.45, 2.75) is 59.8 Å². The van der Waals surface area contributed by atoms with Gasteiger partial charge in [0.15, 0.2) is 0 Å². The largest absolute Gasteiger partial charge is 0.342 e. The number of hydrogen-bond donors (Lipinski definition) is 1. The van der Waals surface area contributed by atoms with Gasteiger partial charge in [-0.2, -0.15) is 0 Å². The smallest absolute Gasteiger partial charge is 0.230 e. The van der Waals surface area contributed by atoms with Crippen LogP contribution in [-0.2, 0) is 4.79 Å². The number of nitrogens with zero attached hydrogens (tertiary/aromatic N) is 1. The lowest BCUT2D eigenvalue weighted by atomic mass is 9.80. The van der Waals surface area contributed by atoms with Crippen LogP contribution in [0.5, 0.6) is 0 Å². The average Bonchev–Trinajstić information content (AvgIpc) is 2.53. The standard InChI is InChI=1S/C15H30N2O/c1-5-15(6-2,12-16)13(18)17-10-7-8-14(3,4)9-11-17/h5-12,16H2,1-4H3. The predicted molar refractivity (Wildman–Crippen MR) is 76.3 cm³/mol. The maximum atomic E-state index is 12.7. The minimum Gasteiger partial charge on any atom is -0.342 e. The highest BCUT2D eigenvalue weighted by Gasteiger charge is 2.38. The molecule has 2 N–H and O–H groups in total. The summed E-state index contributed by atoms with van der Waals surface area (Å²) in [5.74, 6) is 0.285. The first-order chi connectivity index (χ1) is 8.40. The van der Waals surface area contributed by atoms with E-state index in [9.17, 15) is 4.79 Å². The molecule has 0 aromatic rings. The van der Waals surface area contributed by atoms with Crippen molar-refractivity contribution in [2.75, 3.05) is 19.6 Å². The zero-order chi connectivity index (χ0) is 13.8. The molecule has 0 unspecified atom stereocenters. The second kappa shape index (κ2) is 6.05. The van der Waals surface area contributed by atoms with Crippen molar-refractivity contribution in [3.63, 3.8) is 0 Å². The van der Waals surface area contributed by atoms with E-state index in [1.165, 1.54) is 6.42 Å². The molecular weight excluding hydrogens is 224 g/mol. The summed E-state index contributed by atoms with van der Waals surface area (Å²) >= 11 is 0. The van der Waals surface area contributed by atoms with E-state index in [4.69, 9.17) is 5.73 Å². The van der Waals surface area contributed by atoms with Crippen LogP contribution < -0.4 is 5.73 Å². The van der Waals surface area contributed by atoms with E-state index in [0.717, 1.165) is 38.8 Å². The molecule has 1 saturated heterocycles. The van der Waals surface area contributed by atoms with E-state index in [2.05, 4.69) is 32.6 Å². The van der Waals surface area contributed by atoms with E-state index in [1.54, 1.807) is 0 Å². The lowest BCUT2D eigenvalue weighted by Gasteiger charge is -2.35. The zero-order valence-electron chi connectivity index (χ0n) is 12.6. The van der Waals surface area contributed by atoms with Crippen LogP contribution in [0, 0.1) is 10.8 Å². The molecule has 1 heterocycles. The Morgan fingerprint density at radius 2 is 1.83 bits per heavy atom. The monoisotopic (exact) mass is 254 g/mol. The molecule has 1 fully saturated rings. The highest BCUT2D eigenvalue weighted by Crippen LogP contribution is 2.33. The Kier molecular flexibility index (Phi) is 5.20. The summed E-state index contributed by atoms with van der Waals surface area (Å²) in [5.41, 5.74) is 5.93. The molecule has 0 bridgehead atoms. The van der Waals surface area contributed by atoms with Crippen molar-refractivity contribution in [1.29, 1.82) is 0 Å². The van der Waals surface area contributed by atoms with Crippen LogP contribution in [0.4, 0.5) is 0 Å². The molecule has 0 atom stereocenters. The fraction of sp³-hybridized carbons (Fsp3) is 0.933. The van der Waals surface area contributed by atoms with Gasteiger partial charge in [-0.3, -0.25) is 4.79 Å². The molecule has 1 rings (SSSR count). The lowest BCUT2D eigenvalue weighted by Crippen LogP contribution is -2.48.